The molecule has 0 aliphatic heterocycles. The van der Waals surface area contributed by atoms with Crippen LogP contribution >= 0.6 is 0 Å². The maximum Gasteiger partial charge on any atom is 0.257 e. The van der Waals surface area contributed by atoms with Crippen molar-refractivity contribution in [1.29, 1.82) is 0 Å². The third-order valence-electron chi connectivity index (χ3n) is 2.45. The van der Waals surface area contributed by atoms with E-state index < -0.39 is 0 Å². The summed E-state index contributed by atoms with van der Waals surface area (Å²) in [7, 11) is 0. The van der Waals surface area contributed by atoms with Crippen LogP contribution in [0.2, 0.25) is 0 Å². The highest BCUT2D eigenvalue weighted by Crippen LogP contribution is 2.17. The van der Waals surface area contributed by atoms with Crippen molar-refractivity contribution in [3.8, 4) is 5.75 Å². The van der Waals surface area contributed by atoms with Crippen LogP contribution in [0, 0.1) is 0 Å². The van der Waals surface area contributed by atoms with Gasteiger partial charge in [0.05, 0.1) is 0 Å². The van der Waals surface area contributed by atoms with Crippen molar-refractivity contribution < 1.29 is 9.53 Å². The number of ether oxygens (including phenoxy) is 1. The SMILES string of the molecule is CCCNCc1ccccc1OCC(=O)NCC. The molecule has 0 aliphatic rings. The van der Waals surface area contributed by atoms with Gasteiger partial charge in [0.2, 0.25) is 0 Å². The molecule has 0 spiro atoms. The average Bonchev–Trinajstić information content (AvgIpc) is 2.38. The molecule has 4 heteroatoms. The van der Waals surface area contributed by atoms with Gasteiger partial charge >= 0.3 is 0 Å². The number of likely N-dealkylation sites (N-methyl/N-ethyl adjacent to an activating group) is 1. The highest BCUT2D eigenvalue weighted by molar-refractivity contribution is 5.77. The molecule has 0 atom stereocenters. The minimum Gasteiger partial charge on any atom is -0.483 e. The lowest BCUT2D eigenvalue weighted by molar-refractivity contribution is -0.122. The van der Waals surface area contributed by atoms with Gasteiger partial charge in [-0.05, 0) is 26.0 Å². The highest BCUT2D eigenvalue weighted by Gasteiger charge is 2.05. The number of benzene rings is 1. The summed E-state index contributed by atoms with van der Waals surface area (Å²) in [5.41, 5.74) is 1.08. The Morgan fingerprint density at radius 2 is 2.06 bits per heavy atom. The first-order chi connectivity index (χ1) is 8.77. The number of rotatable bonds is 8. The summed E-state index contributed by atoms with van der Waals surface area (Å²) in [5.74, 6) is 0.682. The van der Waals surface area contributed by atoms with Crippen LogP contribution in [0.4, 0.5) is 0 Å². The minimum absolute atomic E-state index is 0.0681. The number of para-hydroxylation sites is 1. The van der Waals surface area contributed by atoms with Gasteiger partial charge in [-0.15, -0.1) is 0 Å². The van der Waals surface area contributed by atoms with E-state index >= 15 is 0 Å². The van der Waals surface area contributed by atoms with Gasteiger partial charge in [0, 0.05) is 18.7 Å². The van der Waals surface area contributed by atoms with Gasteiger partial charge in [-0.3, -0.25) is 4.79 Å². The van der Waals surface area contributed by atoms with Crippen molar-refractivity contribution in [3.05, 3.63) is 29.8 Å². The smallest absolute Gasteiger partial charge is 0.257 e. The van der Waals surface area contributed by atoms with Gasteiger partial charge in [-0.2, -0.15) is 0 Å². The summed E-state index contributed by atoms with van der Waals surface area (Å²) in [5, 5.41) is 6.03. The maximum absolute atomic E-state index is 11.3. The van der Waals surface area contributed by atoms with Gasteiger partial charge in [-0.1, -0.05) is 25.1 Å². The normalized spacial score (nSPS) is 10.1. The molecule has 100 valence electrons. The van der Waals surface area contributed by atoms with E-state index in [0.29, 0.717) is 6.54 Å². The molecule has 0 heterocycles. The van der Waals surface area contributed by atoms with E-state index in [4.69, 9.17) is 4.74 Å². The van der Waals surface area contributed by atoms with E-state index in [-0.39, 0.29) is 12.5 Å². The number of hydrogen-bond donors (Lipinski definition) is 2. The van der Waals surface area contributed by atoms with Gasteiger partial charge in [0.15, 0.2) is 6.61 Å². The Balaban J connectivity index is 2.50. The highest BCUT2D eigenvalue weighted by atomic mass is 16.5. The Bertz CT molecular complexity index is 367. The third-order valence-corrected chi connectivity index (χ3v) is 2.45. The molecule has 0 aliphatic carbocycles. The van der Waals surface area contributed by atoms with Gasteiger partial charge in [0.1, 0.15) is 5.75 Å². The predicted octanol–water partition coefficient (Wildman–Crippen LogP) is 1.70. The number of nitrogens with one attached hydrogen (secondary N) is 2. The predicted molar refractivity (Wildman–Crippen MR) is 72.6 cm³/mol. The fourth-order valence-electron chi connectivity index (χ4n) is 1.58. The lowest BCUT2D eigenvalue weighted by Crippen LogP contribution is -2.28. The monoisotopic (exact) mass is 250 g/mol. The van der Waals surface area contributed by atoms with Crippen molar-refractivity contribution in [2.75, 3.05) is 19.7 Å². The number of hydrogen-bond acceptors (Lipinski definition) is 3. The molecule has 0 fully saturated rings. The van der Waals surface area contributed by atoms with Crippen LogP contribution < -0.4 is 15.4 Å². The molecule has 0 saturated heterocycles. The van der Waals surface area contributed by atoms with E-state index in [0.717, 1.165) is 30.8 Å². The average molecular weight is 250 g/mol. The zero-order chi connectivity index (χ0) is 13.2. The van der Waals surface area contributed by atoms with Crippen LogP contribution in [0.15, 0.2) is 24.3 Å². The molecular formula is C14H22N2O2. The van der Waals surface area contributed by atoms with E-state index in [1.807, 2.05) is 31.2 Å². The second kappa shape index (κ2) is 8.53. The lowest BCUT2D eigenvalue weighted by Gasteiger charge is -2.11. The zero-order valence-corrected chi connectivity index (χ0v) is 11.2. The third kappa shape index (κ3) is 5.19. The number of amides is 1. The van der Waals surface area contributed by atoms with Crippen LogP contribution in [0.25, 0.3) is 0 Å². The molecule has 0 unspecified atom stereocenters. The molecule has 0 radical (unpaired) electrons. The summed E-state index contributed by atoms with van der Waals surface area (Å²) in [4.78, 5) is 11.3. The number of carbonyl (C=O) groups is 1. The largest absolute Gasteiger partial charge is 0.483 e. The summed E-state index contributed by atoms with van der Waals surface area (Å²) in [6.07, 6.45) is 1.10. The lowest BCUT2D eigenvalue weighted by atomic mass is 10.2. The molecule has 1 aromatic carbocycles. The zero-order valence-electron chi connectivity index (χ0n) is 11.2. The van der Waals surface area contributed by atoms with Crippen molar-refractivity contribution in [3.63, 3.8) is 0 Å². The second-order valence-electron chi connectivity index (χ2n) is 4.03. The van der Waals surface area contributed by atoms with E-state index in [9.17, 15) is 4.79 Å². The van der Waals surface area contributed by atoms with E-state index in [1.165, 1.54) is 0 Å². The first-order valence-corrected chi connectivity index (χ1v) is 6.46. The maximum atomic E-state index is 11.3. The Morgan fingerprint density at radius 1 is 1.28 bits per heavy atom. The second-order valence-corrected chi connectivity index (χ2v) is 4.03. The molecule has 1 rings (SSSR count). The molecule has 0 aromatic heterocycles. The molecule has 1 aromatic rings. The molecule has 0 bridgehead atoms. The summed E-state index contributed by atoms with van der Waals surface area (Å²) in [6.45, 7) is 6.45. The van der Waals surface area contributed by atoms with Crippen LogP contribution in [0.5, 0.6) is 5.75 Å². The van der Waals surface area contributed by atoms with Crippen LogP contribution in [-0.4, -0.2) is 25.6 Å². The van der Waals surface area contributed by atoms with Crippen molar-refractivity contribution in [1.82, 2.24) is 10.6 Å². The van der Waals surface area contributed by atoms with Gasteiger partial charge < -0.3 is 15.4 Å². The Hall–Kier alpha value is -1.55. The molecular weight excluding hydrogens is 228 g/mol. The quantitative estimate of drug-likeness (QED) is 0.690. The van der Waals surface area contributed by atoms with E-state index in [1.54, 1.807) is 0 Å². The molecule has 0 saturated carbocycles. The van der Waals surface area contributed by atoms with Crippen molar-refractivity contribution in [2.24, 2.45) is 0 Å². The van der Waals surface area contributed by atoms with Gasteiger partial charge in [-0.25, -0.2) is 0 Å². The van der Waals surface area contributed by atoms with E-state index in [2.05, 4.69) is 17.6 Å². The summed E-state index contributed by atoms with van der Waals surface area (Å²) >= 11 is 0. The molecule has 4 nitrogen and oxygen atoms in total. The fourth-order valence-corrected chi connectivity index (χ4v) is 1.58. The van der Waals surface area contributed by atoms with Crippen molar-refractivity contribution in [2.45, 2.75) is 26.8 Å². The van der Waals surface area contributed by atoms with Crippen LogP contribution in [-0.2, 0) is 11.3 Å². The topological polar surface area (TPSA) is 50.4 Å². The van der Waals surface area contributed by atoms with Crippen LogP contribution in [0.3, 0.4) is 0 Å². The Morgan fingerprint density at radius 3 is 2.78 bits per heavy atom. The number of carbonyl (C=O) groups excluding carboxylic acids is 1. The standard InChI is InChI=1S/C14H22N2O2/c1-3-9-15-10-12-7-5-6-8-13(12)18-11-14(17)16-4-2/h5-8,15H,3-4,9-11H2,1-2H3,(H,16,17). The fraction of sp³-hybridized carbons (Fsp3) is 0.500. The summed E-state index contributed by atoms with van der Waals surface area (Å²) < 4.78 is 5.53. The minimum atomic E-state index is -0.0891. The Kier molecular flexibility index (Phi) is 6.87. The first kappa shape index (κ1) is 14.5. The Labute approximate surface area is 109 Å². The first-order valence-electron chi connectivity index (χ1n) is 6.46. The van der Waals surface area contributed by atoms with Crippen molar-refractivity contribution >= 4 is 5.91 Å². The molecule has 1 amide bonds. The van der Waals surface area contributed by atoms with Gasteiger partial charge in [0.25, 0.3) is 5.91 Å². The van der Waals surface area contributed by atoms with Crippen LogP contribution in [0.1, 0.15) is 25.8 Å². The molecule has 2 N–H and O–H groups in total. The molecule has 18 heavy (non-hydrogen) atoms. The summed E-state index contributed by atoms with van der Waals surface area (Å²) in [6, 6.07) is 7.79.